The van der Waals surface area contributed by atoms with Crippen LogP contribution in [0.2, 0.25) is 0 Å². The molecule has 6 nitrogen and oxygen atoms in total. The van der Waals surface area contributed by atoms with Crippen molar-refractivity contribution in [2.75, 3.05) is 0 Å². The molecule has 0 bridgehead atoms. The number of hydrogen-bond acceptors (Lipinski definition) is 5. The first-order valence-electron chi connectivity index (χ1n) is 5.30. The Morgan fingerprint density at radius 3 is 2.95 bits per heavy atom. The minimum absolute atomic E-state index is 0.330. The summed E-state index contributed by atoms with van der Waals surface area (Å²) in [6.45, 7) is 0. The average molecular weight is 316 g/mol. The molecule has 0 fully saturated rings. The van der Waals surface area contributed by atoms with Gasteiger partial charge in [-0.1, -0.05) is 5.16 Å². The first-order valence-corrected chi connectivity index (χ1v) is 6.09. The molecule has 7 heteroatoms. The monoisotopic (exact) mass is 315 g/mol. The van der Waals surface area contributed by atoms with Crippen LogP contribution in [-0.4, -0.2) is 20.1 Å². The predicted molar refractivity (Wildman–Crippen MR) is 69.7 cm³/mol. The van der Waals surface area contributed by atoms with Crippen molar-refractivity contribution in [1.82, 2.24) is 20.1 Å². The lowest BCUT2D eigenvalue weighted by atomic mass is 10.3. The number of pyridine rings is 1. The lowest BCUT2D eigenvalue weighted by Crippen LogP contribution is -1.83. The second-order valence-electron chi connectivity index (χ2n) is 3.73. The molecule has 0 aliphatic heterocycles. The van der Waals surface area contributed by atoms with E-state index in [-0.39, 0.29) is 0 Å². The topological polar surface area (TPSA) is 91.4 Å². The van der Waals surface area contributed by atoms with Crippen LogP contribution in [0, 0.1) is 11.3 Å². The molecule has 19 heavy (non-hydrogen) atoms. The molecule has 3 heterocycles. The number of aromatic amines is 1. The van der Waals surface area contributed by atoms with Crippen LogP contribution >= 0.6 is 15.9 Å². The molecular formula is C12H6BrN5O. The van der Waals surface area contributed by atoms with Crippen LogP contribution in [0.4, 0.5) is 0 Å². The zero-order valence-electron chi connectivity index (χ0n) is 9.46. The van der Waals surface area contributed by atoms with Crippen LogP contribution in [0.3, 0.4) is 0 Å². The van der Waals surface area contributed by atoms with E-state index in [2.05, 4.69) is 36.0 Å². The maximum Gasteiger partial charge on any atom is 0.274 e. The summed E-state index contributed by atoms with van der Waals surface area (Å²) in [5.41, 5.74) is 1.87. The predicted octanol–water partition coefficient (Wildman–Crippen LogP) is 2.76. The highest BCUT2D eigenvalue weighted by molar-refractivity contribution is 9.10. The third kappa shape index (κ3) is 2.26. The van der Waals surface area contributed by atoms with Crippen molar-refractivity contribution in [2.24, 2.45) is 0 Å². The van der Waals surface area contributed by atoms with Gasteiger partial charge in [-0.05, 0) is 28.1 Å². The summed E-state index contributed by atoms with van der Waals surface area (Å²) in [5.74, 6) is 0.772. The standard InChI is InChI=1S/C12H6BrN5O/c13-9-2-8(5-15-6-9)11-17-12(19-18-11)10-1-7(3-14)4-16-10/h1-2,4-6,16H. The van der Waals surface area contributed by atoms with E-state index in [0.717, 1.165) is 10.0 Å². The number of aromatic nitrogens is 4. The highest BCUT2D eigenvalue weighted by atomic mass is 79.9. The zero-order chi connectivity index (χ0) is 13.2. The maximum atomic E-state index is 8.76. The number of nitrogens with one attached hydrogen (secondary N) is 1. The molecule has 3 aromatic heterocycles. The number of nitriles is 1. The van der Waals surface area contributed by atoms with Crippen LogP contribution in [0.25, 0.3) is 23.0 Å². The van der Waals surface area contributed by atoms with Gasteiger partial charge in [0.15, 0.2) is 0 Å². The number of nitrogens with zero attached hydrogens (tertiary/aromatic N) is 4. The van der Waals surface area contributed by atoms with E-state index in [1.807, 2.05) is 12.1 Å². The van der Waals surface area contributed by atoms with Gasteiger partial charge in [-0.15, -0.1) is 0 Å². The minimum atomic E-state index is 0.330. The lowest BCUT2D eigenvalue weighted by molar-refractivity contribution is 0.431. The fourth-order valence-corrected chi connectivity index (χ4v) is 1.93. The number of halogens is 1. The fourth-order valence-electron chi connectivity index (χ4n) is 1.57. The molecular weight excluding hydrogens is 310 g/mol. The zero-order valence-corrected chi connectivity index (χ0v) is 11.0. The van der Waals surface area contributed by atoms with Gasteiger partial charge in [-0.2, -0.15) is 10.2 Å². The van der Waals surface area contributed by atoms with Crippen LogP contribution in [-0.2, 0) is 0 Å². The quantitative estimate of drug-likeness (QED) is 0.785. The van der Waals surface area contributed by atoms with E-state index in [0.29, 0.717) is 23.0 Å². The van der Waals surface area contributed by atoms with Crippen LogP contribution in [0.5, 0.6) is 0 Å². The van der Waals surface area contributed by atoms with Crippen molar-refractivity contribution in [1.29, 1.82) is 5.26 Å². The highest BCUT2D eigenvalue weighted by Gasteiger charge is 2.12. The number of hydrogen-bond donors (Lipinski definition) is 1. The molecule has 3 aromatic rings. The second kappa shape index (κ2) is 4.66. The Balaban J connectivity index is 1.97. The molecule has 0 radical (unpaired) electrons. The molecule has 0 aliphatic carbocycles. The van der Waals surface area contributed by atoms with Crippen LogP contribution in [0.1, 0.15) is 5.56 Å². The molecule has 0 saturated carbocycles. The summed E-state index contributed by atoms with van der Waals surface area (Å²) in [7, 11) is 0. The Morgan fingerprint density at radius 2 is 2.21 bits per heavy atom. The van der Waals surface area contributed by atoms with Gasteiger partial charge < -0.3 is 9.51 Å². The number of H-pyrrole nitrogens is 1. The van der Waals surface area contributed by atoms with Gasteiger partial charge in [-0.25, -0.2) is 0 Å². The molecule has 0 unspecified atom stereocenters. The first kappa shape index (κ1) is 11.6. The fraction of sp³-hybridized carbons (Fsp3) is 0. The van der Waals surface area contributed by atoms with E-state index in [9.17, 15) is 0 Å². The normalized spacial score (nSPS) is 10.3. The van der Waals surface area contributed by atoms with Gasteiger partial charge in [0.25, 0.3) is 5.89 Å². The van der Waals surface area contributed by atoms with E-state index >= 15 is 0 Å². The molecule has 0 aliphatic rings. The Hall–Kier alpha value is -2.46. The highest BCUT2D eigenvalue weighted by Crippen LogP contribution is 2.23. The summed E-state index contributed by atoms with van der Waals surface area (Å²) >= 11 is 3.33. The first-order chi connectivity index (χ1) is 9.26. The van der Waals surface area contributed by atoms with Gasteiger partial charge in [0, 0.05) is 28.6 Å². The van der Waals surface area contributed by atoms with E-state index in [1.165, 1.54) is 0 Å². The average Bonchev–Trinajstić information content (AvgIpc) is 3.07. The molecule has 0 amide bonds. The largest absolute Gasteiger partial charge is 0.356 e. The smallest absolute Gasteiger partial charge is 0.274 e. The summed E-state index contributed by atoms with van der Waals surface area (Å²) in [6, 6.07) is 5.52. The van der Waals surface area contributed by atoms with Crippen molar-refractivity contribution in [2.45, 2.75) is 0 Å². The Bertz CT molecular complexity index is 770. The molecule has 0 aromatic carbocycles. The lowest BCUT2D eigenvalue weighted by Gasteiger charge is -1.93. The second-order valence-corrected chi connectivity index (χ2v) is 4.64. The third-order valence-corrected chi connectivity index (χ3v) is 2.87. The third-order valence-electron chi connectivity index (χ3n) is 2.43. The van der Waals surface area contributed by atoms with Gasteiger partial charge >= 0.3 is 0 Å². The molecule has 1 N–H and O–H groups in total. The van der Waals surface area contributed by atoms with Crippen molar-refractivity contribution in [3.05, 3.63) is 40.8 Å². The van der Waals surface area contributed by atoms with Crippen LogP contribution < -0.4 is 0 Å². The SMILES string of the molecule is N#Cc1c[nH]c(-c2nc(-c3cncc(Br)c3)no2)c1. The maximum absolute atomic E-state index is 8.76. The van der Waals surface area contributed by atoms with Crippen LogP contribution in [0.15, 0.2) is 39.7 Å². The summed E-state index contributed by atoms with van der Waals surface area (Å²) in [6.07, 6.45) is 4.91. The Kier molecular flexibility index (Phi) is 2.85. The molecule has 0 spiro atoms. The van der Waals surface area contributed by atoms with Gasteiger partial charge in [0.1, 0.15) is 11.8 Å². The van der Waals surface area contributed by atoms with E-state index < -0.39 is 0 Å². The van der Waals surface area contributed by atoms with Crippen molar-refractivity contribution in [3.63, 3.8) is 0 Å². The number of rotatable bonds is 2. The Morgan fingerprint density at radius 1 is 1.32 bits per heavy atom. The van der Waals surface area contributed by atoms with Gasteiger partial charge in [0.2, 0.25) is 5.82 Å². The van der Waals surface area contributed by atoms with Crippen molar-refractivity contribution in [3.8, 4) is 29.0 Å². The Labute approximate surface area is 116 Å². The minimum Gasteiger partial charge on any atom is -0.356 e. The summed E-state index contributed by atoms with van der Waals surface area (Å²) in [5, 5.41) is 12.7. The van der Waals surface area contributed by atoms with E-state index in [4.69, 9.17) is 9.78 Å². The molecule has 92 valence electrons. The van der Waals surface area contributed by atoms with Crippen molar-refractivity contribution < 1.29 is 4.52 Å². The van der Waals surface area contributed by atoms with Gasteiger partial charge in [-0.3, -0.25) is 4.98 Å². The molecule has 0 atom stereocenters. The summed E-state index contributed by atoms with van der Waals surface area (Å²) < 4.78 is 5.99. The summed E-state index contributed by atoms with van der Waals surface area (Å²) in [4.78, 5) is 11.2. The van der Waals surface area contributed by atoms with Crippen molar-refractivity contribution >= 4 is 15.9 Å². The molecule has 0 saturated heterocycles. The van der Waals surface area contributed by atoms with E-state index in [1.54, 1.807) is 24.7 Å². The molecule has 3 rings (SSSR count). The van der Waals surface area contributed by atoms with Gasteiger partial charge in [0.05, 0.1) is 5.56 Å².